The van der Waals surface area contributed by atoms with Crippen LogP contribution in [-0.4, -0.2) is 0 Å². The van der Waals surface area contributed by atoms with Crippen molar-refractivity contribution in [3.8, 4) is 0 Å². The van der Waals surface area contributed by atoms with E-state index in [-0.39, 0.29) is 0 Å². The van der Waals surface area contributed by atoms with Gasteiger partial charge in [0.15, 0.2) is 0 Å². The first-order valence-electron chi connectivity index (χ1n) is 6.46. The first-order valence-corrected chi connectivity index (χ1v) is 6.46. The van der Waals surface area contributed by atoms with Crippen LogP contribution in [0.2, 0.25) is 0 Å². The van der Waals surface area contributed by atoms with Gasteiger partial charge < -0.3 is 0 Å². The van der Waals surface area contributed by atoms with Gasteiger partial charge in [-0.1, -0.05) is 58.9 Å². The normalized spacial score (nSPS) is 17.5. The molecule has 0 nitrogen and oxygen atoms in total. The van der Waals surface area contributed by atoms with Crippen LogP contribution in [0.4, 0.5) is 0 Å². The van der Waals surface area contributed by atoms with E-state index < -0.39 is 0 Å². The van der Waals surface area contributed by atoms with Crippen LogP contribution in [-0.2, 0) is 6.42 Å². The molecule has 15 heavy (non-hydrogen) atoms. The smallest absolute Gasteiger partial charge is 0.0188 e. The molecule has 2 rings (SSSR count). The van der Waals surface area contributed by atoms with Crippen molar-refractivity contribution in [1.29, 1.82) is 0 Å². The van der Waals surface area contributed by atoms with Crippen LogP contribution in [0, 0.1) is 0 Å². The molecule has 86 valence electrons. The van der Waals surface area contributed by atoms with Crippen molar-refractivity contribution < 1.29 is 0 Å². The summed E-state index contributed by atoms with van der Waals surface area (Å²) in [7, 11) is 0. The molecule has 0 spiro atoms. The third-order valence-electron chi connectivity index (χ3n) is 2.67. The molecular formula is C15H26. The molecule has 0 heteroatoms. The van der Waals surface area contributed by atoms with Crippen molar-refractivity contribution >= 4 is 0 Å². The maximum Gasteiger partial charge on any atom is -0.0188 e. The highest BCUT2D eigenvalue weighted by Crippen LogP contribution is 2.30. The third-order valence-corrected chi connectivity index (χ3v) is 2.67. The molecule has 0 aromatic heterocycles. The van der Waals surface area contributed by atoms with Crippen LogP contribution in [0.25, 0.3) is 0 Å². The minimum atomic E-state index is 0.792. The summed E-state index contributed by atoms with van der Waals surface area (Å²) in [5.41, 5.74) is 3.16. The number of rotatable bonds is 0. The van der Waals surface area contributed by atoms with Crippen molar-refractivity contribution in [1.82, 2.24) is 0 Å². The highest BCUT2D eigenvalue weighted by atomic mass is 14.2. The van der Waals surface area contributed by atoms with Crippen LogP contribution < -0.4 is 0 Å². The first kappa shape index (κ1) is 14.2. The molecule has 0 heterocycles. The zero-order chi connectivity index (χ0) is 11.7. The Morgan fingerprint density at radius 2 is 1.60 bits per heavy atom. The van der Waals surface area contributed by atoms with Crippen molar-refractivity contribution in [3.05, 3.63) is 35.4 Å². The predicted molar refractivity (Wildman–Crippen MR) is 70.5 cm³/mol. The van der Waals surface area contributed by atoms with E-state index in [1.54, 1.807) is 11.1 Å². The van der Waals surface area contributed by atoms with E-state index in [4.69, 9.17) is 0 Å². The van der Waals surface area contributed by atoms with Gasteiger partial charge in [-0.15, -0.1) is 0 Å². The largest absolute Gasteiger partial charge is 0.0683 e. The van der Waals surface area contributed by atoms with Crippen LogP contribution in [0.1, 0.15) is 64.5 Å². The van der Waals surface area contributed by atoms with E-state index in [0.717, 1.165) is 5.92 Å². The van der Waals surface area contributed by atoms with Gasteiger partial charge in [-0.25, -0.2) is 0 Å². The number of fused-ring (bicyclic) bond motifs is 1. The number of benzene rings is 1. The van der Waals surface area contributed by atoms with Gasteiger partial charge in [0.25, 0.3) is 0 Å². The molecule has 1 atom stereocenters. The Labute approximate surface area is 95.7 Å². The van der Waals surface area contributed by atoms with Gasteiger partial charge in [0.2, 0.25) is 0 Å². The van der Waals surface area contributed by atoms with Crippen molar-refractivity contribution in [2.24, 2.45) is 0 Å². The fourth-order valence-corrected chi connectivity index (χ4v) is 2.00. The third kappa shape index (κ3) is 4.07. The van der Waals surface area contributed by atoms with Gasteiger partial charge in [0.05, 0.1) is 0 Å². The van der Waals surface area contributed by atoms with Crippen molar-refractivity contribution in [3.63, 3.8) is 0 Å². The maximum atomic E-state index is 2.33. The second-order valence-corrected chi connectivity index (χ2v) is 3.49. The monoisotopic (exact) mass is 206 g/mol. The summed E-state index contributed by atoms with van der Waals surface area (Å²) < 4.78 is 0. The van der Waals surface area contributed by atoms with E-state index in [2.05, 4.69) is 31.2 Å². The summed E-state index contributed by atoms with van der Waals surface area (Å²) in [4.78, 5) is 0. The Morgan fingerprint density at radius 3 is 2.20 bits per heavy atom. The lowest BCUT2D eigenvalue weighted by Crippen LogP contribution is -2.05. The molecule has 1 unspecified atom stereocenters. The highest BCUT2D eigenvalue weighted by molar-refractivity contribution is 5.31. The fraction of sp³-hybridized carbons (Fsp3) is 0.600. The number of aryl methyl sites for hydroxylation is 1. The molecule has 0 amide bonds. The molecule has 1 aromatic carbocycles. The number of hydrogen-bond acceptors (Lipinski definition) is 0. The summed E-state index contributed by atoms with van der Waals surface area (Å²) in [6, 6.07) is 8.85. The lowest BCUT2D eigenvalue weighted by atomic mass is 9.84. The Morgan fingerprint density at radius 1 is 1.00 bits per heavy atom. The molecule has 0 saturated heterocycles. The molecule has 0 aliphatic heterocycles. The standard InChI is InChI=1S/C11H14.2C2H6/c1-9-5-4-7-10-6-2-3-8-11(9)10;2*1-2/h2-3,6,8-9H,4-5,7H2,1H3;2*1-2H3. The Kier molecular flexibility index (Phi) is 8.08. The minimum absolute atomic E-state index is 0.792. The van der Waals surface area contributed by atoms with E-state index >= 15 is 0 Å². The maximum absolute atomic E-state index is 2.33. The fourth-order valence-electron chi connectivity index (χ4n) is 2.00. The lowest BCUT2D eigenvalue weighted by Gasteiger charge is -2.21. The Balaban J connectivity index is 0.000000442. The van der Waals surface area contributed by atoms with Crippen LogP contribution >= 0.6 is 0 Å². The highest BCUT2D eigenvalue weighted by Gasteiger charge is 2.14. The Hall–Kier alpha value is -0.780. The SMILES string of the molecule is CC.CC.CC1CCCc2ccccc21. The van der Waals surface area contributed by atoms with Gasteiger partial charge in [-0.05, 0) is 36.3 Å². The minimum Gasteiger partial charge on any atom is -0.0683 e. The van der Waals surface area contributed by atoms with E-state index in [0.29, 0.717) is 0 Å². The average molecular weight is 206 g/mol. The van der Waals surface area contributed by atoms with Gasteiger partial charge in [0, 0.05) is 0 Å². The van der Waals surface area contributed by atoms with Crippen LogP contribution in [0.15, 0.2) is 24.3 Å². The average Bonchev–Trinajstić information content (AvgIpc) is 2.35. The lowest BCUT2D eigenvalue weighted by molar-refractivity contribution is 0.590. The number of hydrogen-bond donors (Lipinski definition) is 0. The summed E-state index contributed by atoms with van der Waals surface area (Å²) in [6.45, 7) is 10.3. The van der Waals surface area contributed by atoms with Gasteiger partial charge >= 0.3 is 0 Å². The first-order chi connectivity index (χ1) is 7.38. The van der Waals surface area contributed by atoms with Crippen molar-refractivity contribution in [2.45, 2.75) is 59.8 Å². The topological polar surface area (TPSA) is 0 Å². The summed E-state index contributed by atoms with van der Waals surface area (Å²) in [5, 5.41) is 0. The van der Waals surface area contributed by atoms with E-state index in [1.165, 1.54) is 19.3 Å². The quantitative estimate of drug-likeness (QED) is 0.548. The molecule has 0 bridgehead atoms. The van der Waals surface area contributed by atoms with Crippen LogP contribution in [0.5, 0.6) is 0 Å². The van der Waals surface area contributed by atoms with E-state index in [9.17, 15) is 0 Å². The Bertz CT molecular complexity index is 250. The molecule has 0 radical (unpaired) electrons. The van der Waals surface area contributed by atoms with Crippen molar-refractivity contribution in [2.75, 3.05) is 0 Å². The second-order valence-electron chi connectivity index (χ2n) is 3.49. The molecule has 0 saturated carbocycles. The summed E-state index contributed by atoms with van der Waals surface area (Å²) in [5.74, 6) is 0.792. The molecule has 1 aromatic rings. The zero-order valence-corrected chi connectivity index (χ0v) is 11.0. The summed E-state index contributed by atoms with van der Waals surface area (Å²) >= 11 is 0. The zero-order valence-electron chi connectivity index (χ0n) is 11.0. The summed E-state index contributed by atoms with van der Waals surface area (Å²) in [6.07, 6.45) is 4.04. The van der Waals surface area contributed by atoms with E-state index in [1.807, 2.05) is 27.7 Å². The second kappa shape index (κ2) is 8.52. The molecule has 0 N–H and O–H groups in total. The predicted octanol–water partition coefficient (Wildman–Crippen LogP) is 5.18. The molecular weight excluding hydrogens is 180 g/mol. The molecule has 1 aliphatic carbocycles. The van der Waals surface area contributed by atoms with Gasteiger partial charge in [-0.3, -0.25) is 0 Å². The van der Waals surface area contributed by atoms with Crippen LogP contribution in [0.3, 0.4) is 0 Å². The molecule has 0 fully saturated rings. The molecule has 1 aliphatic rings. The van der Waals surface area contributed by atoms with Gasteiger partial charge in [-0.2, -0.15) is 0 Å². The van der Waals surface area contributed by atoms with Gasteiger partial charge in [0.1, 0.15) is 0 Å².